The van der Waals surface area contributed by atoms with E-state index < -0.39 is 23.4 Å². The molecule has 0 aromatic heterocycles. The SMILES string of the molecule is O=C(CN1CCC[C@H]1c1ccc2c(c1)OCCCO2)Nc1ccc(F)c(F)c1F. The molecule has 2 heterocycles. The van der Waals surface area contributed by atoms with Gasteiger partial charge >= 0.3 is 0 Å². The van der Waals surface area contributed by atoms with Crippen molar-refractivity contribution in [2.45, 2.75) is 25.3 Å². The number of likely N-dealkylation sites (tertiary alicyclic amines) is 1. The number of halogens is 3. The third kappa shape index (κ3) is 4.17. The number of nitrogens with one attached hydrogen (secondary N) is 1. The molecule has 1 N–H and O–H groups in total. The molecule has 0 spiro atoms. The van der Waals surface area contributed by atoms with Crippen LogP contribution in [0.2, 0.25) is 0 Å². The Morgan fingerprint density at radius 3 is 2.66 bits per heavy atom. The minimum Gasteiger partial charge on any atom is -0.490 e. The first kappa shape index (κ1) is 19.6. The van der Waals surface area contributed by atoms with Gasteiger partial charge in [-0.3, -0.25) is 9.69 Å². The molecule has 0 unspecified atom stereocenters. The predicted octanol–water partition coefficient (Wildman–Crippen LogP) is 4.04. The van der Waals surface area contributed by atoms with E-state index in [0.717, 1.165) is 37.0 Å². The summed E-state index contributed by atoms with van der Waals surface area (Å²) in [5.41, 5.74) is 0.638. The van der Waals surface area contributed by atoms with Crippen LogP contribution in [0.1, 0.15) is 30.9 Å². The van der Waals surface area contributed by atoms with Crippen molar-refractivity contribution in [1.29, 1.82) is 0 Å². The highest BCUT2D eigenvalue weighted by Gasteiger charge is 2.29. The van der Waals surface area contributed by atoms with Crippen LogP contribution in [0, 0.1) is 17.5 Å². The molecule has 4 rings (SSSR count). The monoisotopic (exact) mass is 406 g/mol. The first-order valence-electron chi connectivity index (χ1n) is 9.60. The summed E-state index contributed by atoms with van der Waals surface area (Å²) in [5.74, 6) is -3.39. The number of hydrogen-bond acceptors (Lipinski definition) is 4. The highest BCUT2D eigenvalue weighted by atomic mass is 19.2. The van der Waals surface area contributed by atoms with E-state index in [1.54, 1.807) is 0 Å². The zero-order valence-corrected chi connectivity index (χ0v) is 15.7. The number of carbonyl (C=O) groups is 1. The molecule has 8 heteroatoms. The average Bonchev–Trinajstić information content (AvgIpc) is 3.03. The van der Waals surface area contributed by atoms with Crippen molar-refractivity contribution in [3.8, 4) is 11.5 Å². The van der Waals surface area contributed by atoms with Gasteiger partial charge in [0.05, 0.1) is 25.4 Å². The van der Waals surface area contributed by atoms with Gasteiger partial charge in [-0.05, 0) is 49.2 Å². The van der Waals surface area contributed by atoms with Gasteiger partial charge in [-0.1, -0.05) is 6.07 Å². The molecule has 1 fully saturated rings. The molecule has 1 atom stereocenters. The summed E-state index contributed by atoms with van der Waals surface area (Å²) >= 11 is 0. The Kier molecular flexibility index (Phi) is 5.62. The largest absolute Gasteiger partial charge is 0.490 e. The fraction of sp³-hybridized carbons (Fsp3) is 0.381. The lowest BCUT2D eigenvalue weighted by molar-refractivity contribution is -0.117. The standard InChI is InChI=1S/C21H21F3N2O3/c22-14-5-6-15(21(24)20(14)23)25-19(27)12-26-8-1-3-16(26)13-4-7-17-18(11-13)29-10-2-9-28-17/h4-7,11,16H,1-3,8-10,12H2,(H,25,27)/t16-/m0/s1. The van der Waals surface area contributed by atoms with E-state index in [-0.39, 0.29) is 18.3 Å². The van der Waals surface area contributed by atoms with Crippen LogP contribution >= 0.6 is 0 Å². The van der Waals surface area contributed by atoms with Gasteiger partial charge in [-0.15, -0.1) is 0 Å². The zero-order chi connectivity index (χ0) is 20.4. The molecule has 2 aliphatic rings. The van der Waals surface area contributed by atoms with Gasteiger partial charge in [0.2, 0.25) is 5.91 Å². The van der Waals surface area contributed by atoms with Crippen LogP contribution in [0.5, 0.6) is 11.5 Å². The Balaban J connectivity index is 1.46. The molecule has 5 nitrogen and oxygen atoms in total. The number of nitrogens with zero attached hydrogens (tertiary/aromatic N) is 1. The van der Waals surface area contributed by atoms with E-state index in [2.05, 4.69) is 5.32 Å². The van der Waals surface area contributed by atoms with Gasteiger partial charge in [0.25, 0.3) is 0 Å². The minimum absolute atomic E-state index is 0.00713. The van der Waals surface area contributed by atoms with Crippen molar-refractivity contribution in [3.05, 3.63) is 53.3 Å². The molecule has 0 radical (unpaired) electrons. The van der Waals surface area contributed by atoms with Crippen LogP contribution < -0.4 is 14.8 Å². The van der Waals surface area contributed by atoms with E-state index in [1.165, 1.54) is 0 Å². The normalized spacial score (nSPS) is 19.1. The Morgan fingerprint density at radius 1 is 1.03 bits per heavy atom. The Morgan fingerprint density at radius 2 is 1.83 bits per heavy atom. The summed E-state index contributed by atoms with van der Waals surface area (Å²) in [6, 6.07) is 7.58. The number of hydrogen-bond donors (Lipinski definition) is 1. The number of benzene rings is 2. The smallest absolute Gasteiger partial charge is 0.238 e. The topological polar surface area (TPSA) is 50.8 Å². The molecule has 1 amide bonds. The third-order valence-electron chi connectivity index (χ3n) is 5.18. The van der Waals surface area contributed by atoms with E-state index in [0.29, 0.717) is 31.3 Å². The van der Waals surface area contributed by atoms with E-state index in [9.17, 15) is 18.0 Å². The highest BCUT2D eigenvalue weighted by Crippen LogP contribution is 2.37. The first-order valence-corrected chi connectivity index (χ1v) is 9.60. The molecule has 0 bridgehead atoms. The molecule has 2 aliphatic heterocycles. The molecule has 1 saturated heterocycles. The molecular formula is C21H21F3N2O3. The van der Waals surface area contributed by atoms with Gasteiger partial charge < -0.3 is 14.8 Å². The maximum atomic E-state index is 13.8. The fourth-order valence-electron chi connectivity index (χ4n) is 3.78. The number of amides is 1. The van der Waals surface area contributed by atoms with Crippen LogP contribution in [0.4, 0.5) is 18.9 Å². The lowest BCUT2D eigenvalue weighted by atomic mass is 10.0. The molecule has 29 heavy (non-hydrogen) atoms. The highest BCUT2D eigenvalue weighted by molar-refractivity contribution is 5.92. The van der Waals surface area contributed by atoms with E-state index in [4.69, 9.17) is 9.47 Å². The number of ether oxygens (including phenoxy) is 2. The lowest BCUT2D eigenvalue weighted by Gasteiger charge is -2.25. The maximum absolute atomic E-state index is 13.8. The quantitative estimate of drug-likeness (QED) is 0.779. The Hall–Kier alpha value is -2.74. The zero-order valence-electron chi connectivity index (χ0n) is 15.7. The molecular weight excluding hydrogens is 385 g/mol. The molecule has 2 aromatic rings. The van der Waals surface area contributed by atoms with Crippen molar-refractivity contribution < 1.29 is 27.4 Å². The average molecular weight is 406 g/mol. The summed E-state index contributed by atoms with van der Waals surface area (Å²) < 4.78 is 51.6. The second-order valence-electron chi connectivity index (χ2n) is 7.16. The summed E-state index contributed by atoms with van der Waals surface area (Å²) in [6.07, 6.45) is 2.60. The van der Waals surface area contributed by atoms with Crippen molar-refractivity contribution in [2.24, 2.45) is 0 Å². The first-order chi connectivity index (χ1) is 14.0. The summed E-state index contributed by atoms with van der Waals surface area (Å²) in [6.45, 7) is 1.92. The fourth-order valence-corrected chi connectivity index (χ4v) is 3.78. The molecule has 0 saturated carbocycles. The van der Waals surface area contributed by atoms with E-state index in [1.807, 2.05) is 23.1 Å². The molecule has 154 valence electrons. The Bertz CT molecular complexity index is 922. The van der Waals surface area contributed by atoms with Gasteiger partial charge in [0.1, 0.15) is 0 Å². The maximum Gasteiger partial charge on any atom is 0.238 e. The summed E-state index contributed by atoms with van der Waals surface area (Å²) in [4.78, 5) is 14.4. The van der Waals surface area contributed by atoms with Crippen LogP contribution in [-0.4, -0.2) is 37.1 Å². The predicted molar refractivity (Wildman–Crippen MR) is 101 cm³/mol. The third-order valence-corrected chi connectivity index (χ3v) is 5.18. The molecule has 0 aliphatic carbocycles. The van der Waals surface area contributed by atoms with Crippen molar-refractivity contribution in [1.82, 2.24) is 4.90 Å². The van der Waals surface area contributed by atoms with Crippen molar-refractivity contribution in [2.75, 3.05) is 31.6 Å². The number of rotatable bonds is 4. The van der Waals surface area contributed by atoms with Crippen molar-refractivity contribution in [3.63, 3.8) is 0 Å². The van der Waals surface area contributed by atoms with Gasteiger partial charge in [-0.25, -0.2) is 13.2 Å². The second-order valence-corrected chi connectivity index (χ2v) is 7.16. The summed E-state index contributed by atoms with van der Waals surface area (Å²) in [7, 11) is 0. The van der Waals surface area contributed by atoms with Crippen LogP contribution in [0.3, 0.4) is 0 Å². The Labute approximate surface area is 166 Å². The summed E-state index contributed by atoms with van der Waals surface area (Å²) in [5, 5.41) is 2.33. The number of anilines is 1. The second kappa shape index (κ2) is 8.32. The van der Waals surface area contributed by atoms with Gasteiger partial charge in [-0.2, -0.15) is 0 Å². The van der Waals surface area contributed by atoms with E-state index >= 15 is 0 Å². The van der Waals surface area contributed by atoms with Crippen LogP contribution in [-0.2, 0) is 4.79 Å². The van der Waals surface area contributed by atoms with Crippen molar-refractivity contribution >= 4 is 11.6 Å². The lowest BCUT2D eigenvalue weighted by Crippen LogP contribution is -2.33. The number of carbonyl (C=O) groups excluding carboxylic acids is 1. The van der Waals surface area contributed by atoms with Gasteiger partial charge in [0, 0.05) is 12.5 Å². The van der Waals surface area contributed by atoms with Crippen LogP contribution in [0.15, 0.2) is 30.3 Å². The number of fused-ring (bicyclic) bond motifs is 1. The minimum atomic E-state index is -1.60. The molecule has 2 aromatic carbocycles. The van der Waals surface area contributed by atoms with Crippen LogP contribution in [0.25, 0.3) is 0 Å². The van der Waals surface area contributed by atoms with Gasteiger partial charge in [0.15, 0.2) is 29.0 Å².